The van der Waals surface area contributed by atoms with Crippen LogP contribution in [0.2, 0.25) is 10.0 Å². The molecule has 28 heavy (non-hydrogen) atoms. The van der Waals surface area contributed by atoms with Crippen LogP contribution in [0, 0.1) is 5.92 Å². The number of hydrogen-bond donors (Lipinski definition) is 3. The lowest BCUT2D eigenvalue weighted by molar-refractivity contribution is 0.0937. The second-order valence-corrected chi connectivity index (χ2v) is 8.70. The van der Waals surface area contributed by atoms with Crippen molar-refractivity contribution in [1.82, 2.24) is 10.9 Å². The maximum atomic E-state index is 12.7. The normalized spacial score (nSPS) is 12.1. The lowest BCUT2D eigenvalue weighted by Gasteiger charge is -2.16. The first-order valence-corrected chi connectivity index (χ1v) is 10.7. The fraction of sp³-hybridized carbons (Fsp3) is 0.211. The Labute approximate surface area is 175 Å². The lowest BCUT2D eigenvalue weighted by atomic mass is 10.1. The molecule has 0 heterocycles. The van der Waals surface area contributed by atoms with Crippen molar-refractivity contribution in [3.8, 4) is 0 Å². The zero-order valence-electron chi connectivity index (χ0n) is 15.4. The summed E-state index contributed by atoms with van der Waals surface area (Å²) in [7, 11) is -3.97. The van der Waals surface area contributed by atoms with Crippen molar-refractivity contribution in [2.24, 2.45) is 5.92 Å². The minimum atomic E-state index is -3.97. The van der Waals surface area contributed by atoms with E-state index in [1.165, 1.54) is 36.4 Å². The van der Waals surface area contributed by atoms with E-state index in [0.29, 0.717) is 10.7 Å². The van der Waals surface area contributed by atoms with Crippen LogP contribution in [0.25, 0.3) is 0 Å². The molecule has 2 aromatic carbocycles. The molecule has 0 aliphatic heterocycles. The zero-order valence-corrected chi connectivity index (χ0v) is 17.8. The summed E-state index contributed by atoms with van der Waals surface area (Å²) in [5.74, 6) is -0.305. The van der Waals surface area contributed by atoms with Gasteiger partial charge in [-0.3, -0.25) is 14.9 Å². The number of nitrogens with one attached hydrogen (secondary N) is 3. The smallest absolute Gasteiger partial charge is 0.269 e. The molecule has 0 bridgehead atoms. The second-order valence-electron chi connectivity index (χ2n) is 6.17. The van der Waals surface area contributed by atoms with Gasteiger partial charge in [0.05, 0.1) is 15.6 Å². The highest BCUT2D eigenvalue weighted by Gasteiger charge is 2.18. The number of allylic oxidation sites excluding steroid dienone is 1. The Bertz CT molecular complexity index is 994. The van der Waals surface area contributed by atoms with Crippen LogP contribution < -0.4 is 15.6 Å². The van der Waals surface area contributed by atoms with Crippen LogP contribution in [0.4, 0.5) is 5.69 Å². The van der Waals surface area contributed by atoms with Crippen LogP contribution in [0.3, 0.4) is 0 Å². The lowest BCUT2D eigenvalue weighted by Crippen LogP contribution is -2.38. The summed E-state index contributed by atoms with van der Waals surface area (Å²) < 4.78 is 27.7. The largest absolute Gasteiger partial charge is 0.303 e. The minimum absolute atomic E-state index is 0.0862. The van der Waals surface area contributed by atoms with Crippen LogP contribution in [0.5, 0.6) is 0 Å². The Kier molecular flexibility index (Phi) is 7.35. The molecule has 150 valence electrons. The highest BCUT2D eigenvalue weighted by atomic mass is 35.5. The molecule has 0 spiro atoms. The van der Waals surface area contributed by atoms with Gasteiger partial charge in [0, 0.05) is 16.3 Å². The molecule has 0 fully saturated rings. The van der Waals surface area contributed by atoms with Crippen molar-refractivity contribution < 1.29 is 13.2 Å². The number of carbonyl (C=O) groups excluding carboxylic acids is 1. The fourth-order valence-corrected chi connectivity index (χ4v) is 3.67. The van der Waals surface area contributed by atoms with E-state index >= 15 is 0 Å². The molecule has 1 atom stereocenters. The van der Waals surface area contributed by atoms with Gasteiger partial charge < -0.3 is 5.43 Å². The summed E-state index contributed by atoms with van der Waals surface area (Å²) >= 11 is 11.9. The number of hydrogen-bond acceptors (Lipinski definition) is 4. The molecule has 1 amide bonds. The Balaban J connectivity index is 2.18. The van der Waals surface area contributed by atoms with Gasteiger partial charge in [-0.05, 0) is 48.7 Å². The van der Waals surface area contributed by atoms with Gasteiger partial charge in [0.1, 0.15) is 0 Å². The minimum Gasteiger partial charge on any atom is -0.303 e. The fourth-order valence-electron chi connectivity index (χ4n) is 2.16. The number of carbonyl (C=O) groups is 1. The molecule has 0 aliphatic rings. The van der Waals surface area contributed by atoms with Gasteiger partial charge in [0.15, 0.2) is 0 Å². The molecular weight excluding hydrogens is 421 g/mol. The number of anilines is 1. The first kappa shape index (κ1) is 22.1. The summed E-state index contributed by atoms with van der Waals surface area (Å²) in [6.45, 7) is 7.84. The van der Waals surface area contributed by atoms with Gasteiger partial charge in [-0.25, -0.2) is 8.42 Å². The van der Waals surface area contributed by atoms with Gasteiger partial charge in [-0.2, -0.15) is 0 Å². The average molecular weight is 442 g/mol. The molecule has 0 unspecified atom stereocenters. The molecule has 6 nitrogen and oxygen atoms in total. The first-order chi connectivity index (χ1) is 13.1. The van der Waals surface area contributed by atoms with E-state index in [-0.39, 0.29) is 27.1 Å². The third-order valence-corrected chi connectivity index (χ3v) is 6.05. The van der Waals surface area contributed by atoms with Crippen LogP contribution in [-0.2, 0) is 10.0 Å². The molecular formula is C19H21Cl2N3O3S. The predicted molar refractivity (Wildman–Crippen MR) is 113 cm³/mol. The van der Waals surface area contributed by atoms with E-state index in [9.17, 15) is 13.2 Å². The van der Waals surface area contributed by atoms with Gasteiger partial charge in [-0.15, -0.1) is 0 Å². The van der Waals surface area contributed by atoms with Crippen molar-refractivity contribution in [2.45, 2.75) is 25.2 Å². The summed E-state index contributed by atoms with van der Waals surface area (Å²) in [5.41, 5.74) is 6.25. The molecule has 0 saturated carbocycles. The van der Waals surface area contributed by atoms with E-state index in [0.717, 1.165) is 6.42 Å². The molecule has 0 aromatic heterocycles. The number of benzene rings is 2. The van der Waals surface area contributed by atoms with Crippen LogP contribution in [0.1, 0.15) is 30.6 Å². The van der Waals surface area contributed by atoms with Crippen LogP contribution in [-0.4, -0.2) is 14.3 Å². The monoisotopic (exact) mass is 441 g/mol. The Morgan fingerprint density at radius 3 is 2.54 bits per heavy atom. The molecule has 2 aromatic rings. The Hall–Kier alpha value is -2.22. The van der Waals surface area contributed by atoms with E-state index in [1.54, 1.807) is 6.07 Å². The first-order valence-electron chi connectivity index (χ1n) is 8.47. The van der Waals surface area contributed by atoms with Crippen molar-refractivity contribution >= 4 is 44.8 Å². The quantitative estimate of drug-likeness (QED) is 0.522. The molecule has 0 saturated heterocycles. The Morgan fingerprint density at radius 1 is 1.14 bits per heavy atom. The van der Waals surface area contributed by atoms with Gasteiger partial charge in [0.25, 0.3) is 15.9 Å². The molecule has 9 heteroatoms. The number of halogens is 2. The van der Waals surface area contributed by atoms with E-state index in [1.807, 2.05) is 13.8 Å². The topological polar surface area (TPSA) is 87.3 Å². The third kappa shape index (κ3) is 5.64. The van der Waals surface area contributed by atoms with Gasteiger partial charge >= 0.3 is 0 Å². The van der Waals surface area contributed by atoms with Gasteiger partial charge in [0.2, 0.25) is 0 Å². The summed E-state index contributed by atoms with van der Waals surface area (Å²) in [4.78, 5) is 12.2. The van der Waals surface area contributed by atoms with Crippen molar-refractivity contribution in [3.63, 3.8) is 0 Å². The average Bonchev–Trinajstić information content (AvgIpc) is 2.67. The maximum Gasteiger partial charge on any atom is 0.269 e. The van der Waals surface area contributed by atoms with Crippen LogP contribution in [0.15, 0.2) is 59.6 Å². The number of hydrazine groups is 1. The summed E-state index contributed by atoms with van der Waals surface area (Å²) in [6, 6.07) is 10.1. The number of amides is 1. The van der Waals surface area contributed by atoms with Crippen LogP contribution >= 0.6 is 23.2 Å². The highest BCUT2D eigenvalue weighted by Crippen LogP contribution is 2.28. The van der Waals surface area contributed by atoms with Crippen molar-refractivity contribution in [2.75, 3.05) is 4.72 Å². The SMILES string of the molecule is C=C(NNC(=O)c1cccc(S(=O)(=O)Nc2cc(Cl)ccc2Cl)c1)[C@H](C)CC. The van der Waals surface area contributed by atoms with E-state index in [2.05, 4.69) is 22.2 Å². The second kappa shape index (κ2) is 9.32. The van der Waals surface area contributed by atoms with Gasteiger partial charge in [-0.1, -0.05) is 49.7 Å². The maximum absolute atomic E-state index is 12.7. The Morgan fingerprint density at radius 2 is 1.86 bits per heavy atom. The zero-order chi connectivity index (χ0) is 20.9. The highest BCUT2D eigenvalue weighted by molar-refractivity contribution is 7.92. The number of rotatable bonds is 8. The van der Waals surface area contributed by atoms with Crippen molar-refractivity contribution in [3.05, 3.63) is 70.3 Å². The number of sulfonamides is 1. The molecule has 0 radical (unpaired) electrons. The van der Waals surface area contributed by atoms with E-state index < -0.39 is 15.9 Å². The summed E-state index contributed by atoms with van der Waals surface area (Å²) in [5, 5.41) is 0.539. The van der Waals surface area contributed by atoms with Crippen molar-refractivity contribution in [1.29, 1.82) is 0 Å². The van der Waals surface area contributed by atoms with E-state index in [4.69, 9.17) is 23.2 Å². The standard InChI is InChI=1S/C19H21Cl2N3O3S/c1-4-12(2)13(3)22-23-19(25)14-6-5-7-16(10-14)28(26,27)24-18-11-15(20)8-9-17(18)21/h5-12,22,24H,3-4H2,1-2H3,(H,23,25)/t12-/m1/s1. The molecule has 3 N–H and O–H groups in total. The summed E-state index contributed by atoms with van der Waals surface area (Å²) in [6.07, 6.45) is 0.868. The predicted octanol–water partition coefficient (Wildman–Crippen LogP) is 4.59. The molecule has 0 aliphatic carbocycles. The third-order valence-electron chi connectivity index (χ3n) is 4.12. The molecule has 2 rings (SSSR count).